The first-order chi connectivity index (χ1) is 12.5. The number of cyclic esters (lactones) is 1. The Morgan fingerprint density at radius 2 is 1.62 bits per heavy atom. The van der Waals surface area contributed by atoms with Gasteiger partial charge in [0.25, 0.3) is 5.84 Å². The summed E-state index contributed by atoms with van der Waals surface area (Å²) >= 11 is 0. The molecule has 1 heterocycles. The number of esters is 1. The van der Waals surface area contributed by atoms with Gasteiger partial charge in [-0.1, -0.05) is 60.7 Å². The number of ether oxygens (including phenoxy) is 1. The summed E-state index contributed by atoms with van der Waals surface area (Å²) in [6.07, 6.45) is 0. The predicted molar refractivity (Wildman–Crippen MR) is 95.4 cm³/mol. The molecule has 0 atom stereocenters. The molecule has 1 aliphatic rings. The predicted octanol–water partition coefficient (Wildman–Crippen LogP) is 1.91. The summed E-state index contributed by atoms with van der Waals surface area (Å²) in [5.74, 6) is -1.20. The lowest BCUT2D eigenvalue weighted by Crippen LogP contribution is -2.44. The van der Waals surface area contributed by atoms with Crippen molar-refractivity contribution in [1.82, 2.24) is 4.90 Å². The zero-order chi connectivity index (χ0) is 18.4. The highest BCUT2D eigenvalue weighted by Crippen LogP contribution is 2.12. The Labute approximate surface area is 152 Å². The molecule has 0 spiro atoms. The maximum atomic E-state index is 12.1. The molecular weight excluding hydrogens is 356 g/mol. The van der Waals surface area contributed by atoms with E-state index in [1.54, 1.807) is 35.2 Å². The molecular formula is C18H18N2O5S. The summed E-state index contributed by atoms with van der Waals surface area (Å²) in [5, 5.41) is 3.59. The van der Waals surface area contributed by atoms with Gasteiger partial charge in [-0.2, -0.15) is 8.42 Å². The zero-order valence-electron chi connectivity index (χ0n) is 13.9. The third-order valence-corrected chi connectivity index (χ3v) is 4.70. The lowest BCUT2D eigenvalue weighted by atomic mass is 10.2. The van der Waals surface area contributed by atoms with Gasteiger partial charge in [0.1, 0.15) is 12.4 Å². The second-order valence-corrected chi connectivity index (χ2v) is 7.27. The largest absolute Gasteiger partial charge is 0.458 e. The van der Waals surface area contributed by atoms with Gasteiger partial charge in [0.05, 0.1) is 6.54 Å². The quantitative estimate of drug-likeness (QED) is 0.567. The second kappa shape index (κ2) is 8.01. The van der Waals surface area contributed by atoms with Crippen LogP contribution in [0.15, 0.2) is 65.8 Å². The zero-order valence-corrected chi connectivity index (χ0v) is 14.8. The molecule has 0 amide bonds. The molecule has 0 aliphatic carbocycles. The number of oxime groups is 1. The normalized spacial score (nSPS) is 16.4. The number of morpholine rings is 1. The molecule has 0 saturated carbocycles. The SMILES string of the molecule is O=C1OCCN(Cc2ccccc2)C1=NOS(=O)(=O)Cc1ccccc1. The minimum absolute atomic E-state index is 0.156. The van der Waals surface area contributed by atoms with Crippen molar-refractivity contribution in [3.8, 4) is 0 Å². The highest BCUT2D eigenvalue weighted by atomic mass is 32.2. The van der Waals surface area contributed by atoms with Crippen LogP contribution in [0.4, 0.5) is 0 Å². The summed E-state index contributed by atoms with van der Waals surface area (Å²) in [7, 11) is -3.98. The minimum atomic E-state index is -3.98. The molecule has 8 heteroatoms. The molecule has 0 unspecified atom stereocenters. The average Bonchev–Trinajstić information content (AvgIpc) is 2.62. The van der Waals surface area contributed by atoms with Gasteiger partial charge < -0.3 is 9.64 Å². The van der Waals surface area contributed by atoms with Crippen molar-refractivity contribution in [2.24, 2.45) is 5.16 Å². The van der Waals surface area contributed by atoms with E-state index in [-0.39, 0.29) is 18.2 Å². The minimum Gasteiger partial charge on any atom is -0.458 e. The maximum Gasteiger partial charge on any atom is 0.377 e. The fraction of sp³-hybridized carbons (Fsp3) is 0.222. The van der Waals surface area contributed by atoms with Crippen molar-refractivity contribution in [3.05, 3.63) is 71.8 Å². The van der Waals surface area contributed by atoms with Crippen LogP contribution in [0.5, 0.6) is 0 Å². The topological polar surface area (TPSA) is 85.3 Å². The summed E-state index contributed by atoms with van der Waals surface area (Å²) in [4.78, 5) is 13.6. The lowest BCUT2D eigenvalue weighted by molar-refractivity contribution is -0.139. The van der Waals surface area contributed by atoms with Crippen LogP contribution < -0.4 is 0 Å². The standard InChI is InChI=1S/C18H18N2O5S/c21-18-17(19-25-26(22,23)14-16-9-5-2-6-10-16)20(11-12-24-18)13-15-7-3-1-4-8-15/h1-10H,11-14H2. The van der Waals surface area contributed by atoms with Crippen molar-refractivity contribution >= 4 is 21.9 Å². The van der Waals surface area contributed by atoms with E-state index in [0.717, 1.165) is 5.56 Å². The molecule has 0 radical (unpaired) electrons. The van der Waals surface area contributed by atoms with E-state index in [0.29, 0.717) is 18.7 Å². The number of carbonyl (C=O) groups is 1. The third-order valence-electron chi connectivity index (χ3n) is 3.72. The fourth-order valence-electron chi connectivity index (χ4n) is 2.50. The first-order valence-corrected chi connectivity index (χ1v) is 9.60. The smallest absolute Gasteiger partial charge is 0.377 e. The molecule has 0 bridgehead atoms. The van der Waals surface area contributed by atoms with Crippen molar-refractivity contribution in [2.75, 3.05) is 13.2 Å². The maximum absolute atomic E-state index is 12.1. The van der Waals surface area contributed by atoms with E-state index in [1.165, 1.54) is 0 Å². The number of amidine groups is 1. The molecule has 0 aromatic heterocycles. The van der Waals surface area contributed by atoms with Crippen molar-refractivity contribution in [3.63, 3.8) is 0 Å². The van der Waals surface area contributed by atoms with Gasteiger partial charge in [0, 0.05) is 6.54 Å². The Morgan fingerprint density at radius 1 is 1.00 bits per heavy atom. The van der Waals surface area contributed by atoms with Gasteiger partial charge in [-0.3, -0.25) is 4.28 Å². The van der Waals surface area contributed by atoms with E-state index in [2.05, 4.69) is 5.16 Å². The van der Waals surface area contributed by atoms with Crippen LogP contribution >= 0.6 is 0 Å². The van der Waals surface area contributed by atoms with Crippen LogP contribution in [0, 0.1) is 0 Å². The molecule has 3 rings (SSSR count). The van der Waals surface area contributed by atoms with Crippen molar-refractivity contribution in [2.45, 2.75) is 12.3 Å². The molecule has 2 aromatic rings. The van der Waals surface area contributed by atoms with Crippen LogP contribution in [0.25, 0.3) is 0 Å². The van der Waals surface area contributed by atoms with E-state index in [1.807, 2.05) is 30.3 Å². The number of benzene rings is 2. The highest BCUT2D eigenvalue weighted by molar-refractivity contribution is 7.85. The monoisotopic (exact) mass is 374 g/mol. The molecule has 7 nitrogen and oxygen atoms in total. The Kier molecular flexibility index (Phi) is 5.52. The molecule has 2 aromatic carbocycles. The highest BCUT2D eigenvalue weighted by Gasteiger charge is 2.28. The van der Waals surface area contributed by atoms with Gasteiger partial charge in [-0.05, 0) is 16.3 Å². The number of hydrogen-bond acceptors (Lipinski definition) is 6. The van der Waals surface area contributed by atoms with Crippen LogP contribution in [-0.2, 0) is 36.2 Å². The number of carbonyl (C=O) groups excluding carboxylic acids is 1. The van der Waals surface area contributed by atoms with Crippen LogP contribution in [0.3, 0.4) is 0 Å². The van der Waals surface area contributed by atoms with E-state index in [9.17, 15) is 13.2 Å². The van der Waals surface area contributed by atoms with Gasteiger partial charge in [0.2, 0.25) is 0 Å². The third kappa shape index (κ3) is 4.82. The van der Waals surface area contributed by atoms with Crippen molar-refractivity contribution < 1.29 is 22.2 Å². The number of rotatable bonds is 6. The van der Waals surface area contributed by atoms with Crippen LogP contribution in [0.1, 0.15) is 11.1 Å². The Bertz CT molecular complexity index is 882. The van der Waals surface area contributed by atoms with Crippen LogP contribution in [0.2, 0.25) is 0 Å². The fourth-order valence-corrected chi connectivity index (χ4v) is 3.34. The Morgan fingerprint density at radius 3 is 2.27 bits per heavy atom. The van der Waals surface area contributed by atoms with Gasteiger partial charge >= 0.3 is 16.1 Å². The van der Waals surface area contributed by atoms with Crippen molar-refractivity contribution in [1.29, 1.82) is 0 Å². The average molecular weight is 374 g/mol. The molecule has 1 fully saturated rings. The van der Waals surface area contributed by atoms with Gasteiger partial charge in [-0.25, -0.2) is 4.79 Å². The lowest BCUT2D eigenvalue weighted by Gasteiger charge is -2.28. The van der Waals surface area contributed by atoms with E-state index < -0.39 is 16.1 Å². The molecule has 1 aliphatic heterocycles. The Hall–Kier alpha value is -2.87. The summed E-state index contributed by atoms with van der Waals surface area (Å²) in [6.45, 7) is 1.01. The first-order valence-electron chi connectivity index (χ1n) is 8.03. The first kappa shape index (κ1) is 17.9. The number of nitrogens with zero attached hydrogens (tertiary/aromatic N) is 2. The summed E-state index contributed by atoms with van der Waals surface area (Å²) in [5.41, 5.74) is 1.53. The van der Waals surface area contributed by atoms with Crippen LogP contribution in [-0.4, -0.2) is 38.3 Å². The van der Waals surface area contributed by atoms with Gasteiger partial charge in [-0.15, -0.1) is 0 Å². The van der Waals surface area contributed by atoms with E-state index in [4.69, 9.17) is 9.02 Å². The molecule has 1 saturated heterocycles. The molecule has 136 valence electrons. The molecule has 26 heavy (non-hydrogen) atoms. The van der Waals surface area contributed by atoms with E-state index >= 15 is 0 Å². The summed E-state index contributed by atoms with van der Waals surface area (Å²) in [6, 6.07) is 18.1. The Balaban J connectivity index is 1.73. The van der Waals surface area contributed by atoms with Gasteiger partial charge in [0.15, 0.2) is 0 Å². The summed E-state index contributed by atoms with van der Waals surface area (Å²) < 4.78 is 33.9. The molecule has 0 N–H and O–H groups in total. The second-order valence-electron chi connectivity index (χ2n) is 5.72. The number of hydrogen-bond donors (Lipinski definition) is 0.